The minimum Gasteiger partial charge on any atom is -0.380 e. The fourth-order valence-electron chi connectivity index (χ4n) is 2.49. The standard InChI is InChI=1S/C16H22N2O3/c1-3-4-11-21-12-10-18-15(20)17-14(19)16(18,2)13-8-6-5-7-9-13/h5-9H,3-4,10-12H2,1-2H3,(H,17,19,20). The summed E-state index contributed by atoms with van der Waals surface area (Å²) in [5, 5.41) is 2.40. The molecule has 1 unspecified atom stereocenters. The van der Waals surface area contributed by atoms with Crippen LogP contribution in [0, 0.1) is 0 Å². The summed E-state index contributed by atoms with van der Waals surface area (Å²) >= 11 is 0. The van der Waals surface area contributed by atoms with Crippen LogP contribution in [0.15, 0.2) is 30.3 Å². The first-order valence-corrected chi connectivity index (χ1v) is 7.37. The Hall–Kier alpha value is -1.88. The molecule has 1 saturated heterocycles. The van der Waals surface area contributed by atoms with Crippen molar-refractivity contribution >= 4 is 11.9 Å². The summed E-state index contributed by atoms with van der Waals surface area (Å²) in [6.07, 6.45) is 2.07. The number of hydrogen-bond donors (Lipinski definition) is 1. The predicted octanol–water partition coefficient (Wildman–Crippen LogP) is 2.27. The summed E-state index contributed by atoms with van der Waals surface area (Å²) < 4.78 is 5.52. The molecule has 1 fully saturated rings. The lowest BCUT2D eigenvalue weighted by atomic mass is 9.90. The third-order valence-electron chi connectivity index (χ3n) is 3.88. The Morgan fingerprint density at radius 1 is 1.19 bits per heavy atom. The van der Waals surface area contributed by atoms with E-state index in [1.165, 1.54) is 0 Å². The molecule has 114 valence electrons. The highest BCUT2D eigenvalue weighted by molar-refractivity contribution is 6.07. The van der Waals surface area contributed by atoms with E-state index in [0.717, 1.165) is 18.4 Å². The number of nitrogens with one attached hydrogen (secondary N) is 1. The molecule has 0 radical (unpaired) electrons. The number of amides is 3. The lowest BCUT2D eigenvalue weighted by molar-refractivity contribution is -0.126. The first-order chi connectivity index (χ1) is 10.1. The zero-order valence-corrected chi connectivity index (χ0v) is 12.6. The van der Waals surface area contributed by atoms with Gasteiger partial charge in [-0.25, -0.2) is 4.79 Å². The van der Waals surface area contributed by atoms with E-state index in [2.05, 4.69) is 12.2 Å². The number of rotatable bonds is 7. The molecule has 1 aliphatic rings. The molecule has 1 aliphatic heterocycles. The van der Waals surface area contributed by atoms with Crippen molar-refractivity contribution in [3.8, 4) is 0 Å². The van der Waals surface area contributed by atoms with Gasteiger partial charge in [-0.15, -0.1) is 0 Å². The van der Waals surface area contributed by atoms with Gasteiger partial charge in [-0.1, -0.05) is 43.7 Å². The molecular weight excluding hydrogens is 268 g/mol. The van der Waals surface area contributed by atoms with Crippen LogP contribution in [-0.4, -0.2) is 36.6 Å². The maximum atomic E-state index is 12.2. The quantitative estimate of drug-likeness (QED) is 0.619. The minimum atomic E-state index is -0.966. The van der Waals surface area contributed by atoms with Crippen molar-refractivity contribution in [2.45, 2.75) is 32.2 Å². The number of hydrogen-bond acceptors (Lipinski definition) is 3. The van der Waals surface area contributed by atoms with Gasteiger partial charge in [0.15, 0.2) is 0 Å². The Labute approximate surface area is 125 Å². The second kappa shape index (κ2) is 6.72. The van der Waals surface area contributed by atoms with Crippen molar-refractivity contribution in [2.75, 3.05) is 19.8 Å². The van der Waals surface area contributed by atoms with Crippen molar-refractivity contribution in [1.29, 1.82) is 0 Å². The van der Waals surface area contributed by atoms with Gasteiger partial charge in [-0.05, 0) is 18.9 Å². The summed E-state index contributed by atoms with van der Waals surface area (Å²) in [7, 11) is 0. The number of nitrogens with zero attached hydrogens (tertiary/aromatic N) is 1. The predicted molar refractivity (Wildman–Crippen MR) is 79.8 cm³/mol. The minimum absolute atomic E-state index is 0.285. The van der Waals surface area contributed by atoms with Gasteiger partial charge in [0.2, 0.25) is 0 Å². The van der Waals surface area contributed by atoms with Gasteiger partial charge in [0, 0.05) is 13.2 Å². The van der Waals surface area contributed by atoms with Crippen molar-refractivity contribution in [2.24, 2.45) is 0 Å². The molecule has 0 aromatic heterocycles. The number of unbranched alkanes of at least 4 members (excludes halogenated alkanes) is 1. The molecule has 5 heteroatoms. The highest BCUT2D eigenvalue weighted by Gasteiger charge is 2.50. The molecule has 2 rings (SSSR count). The van der Waals surface area contributed by atoms with Crippen LogP contribution in [0.25, 0.3) is 0 Å². The van der Waals surface area contributed by atoms with Crippen LogP contribution in [0.5, 0.6) is 0 Å². The molecule has 5 nitrogen and oxygen atoms in total. The van der Waals surface area contributed by atoms with Gasteiger partial charge >= 0.3 is 6.03 Å². The molecule has 1 atom stereocenters. The van der Waals surface area contributed by atoms with Crippen LogP contribution >= 0.6 is 0 Å². The maximum absolute atomic E-state index is 12.2. The first-order valence-electron chi connectivity index (χ1n) is 7.37. The maximum Gasteiger partial charge on any atom is 0.325 e. The summed E-state index contributed by atoms with van der Waals surface area (Å²) in [5.74, 6) is -0.285. The molecule has 21 heavy (non-hydrogen) atoms. The number of benzene rings is 1. The molecule has 0 bridgehead atoms. The molecule has 1 aromatic rings. The van der Waals surface area contributed by atoms with Crippen LogP contribution < -0.4 is 5.32 Å². The normalized spacial score (nSPS) is 21.7. The average molecular weight is 290 g/mol. The summed E-state index contributed by atoms with van der Waals surface area (Å²) in [4.78, 5) is 25.8. The van der Waals surface area contributed by atoms with Crippen molar-refractivity contribution in [3.63, 3.8) is 0 Å². The molecule has 0 saturated carbocycles. The van der Waals surface area contributed by atoms with Gasteiger partial charge in [0.1, 0.15) is 5.54 Å². The van der Waals surface area contributed by atoms with Crippen molar-refractivity contribution in [3.05, 3.63) is 35.9 Å². The first kappa shape index (κ1) is 15.5. The Kier molecular flexibility index (Phi) is 4.96. The van der Waals surface area contributed by atoms with E-state index < -0.39 is 5.54 Å². The number of carbonyl (C=O) groups is 2. The Morgan fingerprint density at radius 3 is 2.57 bits per heavy atom. The Bertz CT molecular complexity index is 504. The number of ether oxygens (including phenoxy) is 1. The van der Waals surface area contributed by atoms with Crippen molar-refractivity contribution < 1.29 is 14.3 Å². The van der Waals surface area contributed by atoms with E-state index in [-0.39, 0.29) is 11.9 Å². The van der Waals surface area contributed by atoms with Gasteiger partial charge in [0.25, 0.3) is 5.91 Å². The third kappa shape index (κ3) is 3.08. The van der Waals surface area contributed by atoms with Crippen LogP contribution in [0.1, 0.15) is 32.3 Å². The number of carbonyl (C=O) groups excluding carboxylic acids is 2. The molecular formula is C16H22N2O3. The molecule has 0 aliphatic carbocycles. The van der Waals surface area contributed by atoms with Gasteiger partial charge < -0.3 is 9.64 Å². The van der Waals surface area contributed by atoms with Crippen LogP contribution in [0.3, 0.4) is 0 Å². The van der Waals surface area contributed by atoms with E-state index in [1.54, 1.807) is 11.8 Å². The van der Waals surface area contributed by atoms with E-state index in [4.69, 9.17) is 4.74 Å². The number of urea groups is 1. The lowest BCUT2D eigenvalue weighted by Crippen LogP contribution is -2.45. The summed E-state index contributed by atoms with van der Waals surface area (Å²) in [5.41, 5.74) is -0.158. The lowest BCUT2D eigenvalue weighted by Gasteiger charge is -2.32. The molecule has 1 aromatic carbocycles. The van der Waals surface area contributed by atoms with E-state index in [1.807, 2.05) is 30.3 Å². The van der Waals surface area contributed by atoms with E-state index >= 15 is 0 Å². The fraction of sp³-hybridized carbons (Fsp3) is 0.500. The van der Waals surface area contributed by atoms with Crippen molar-refractivity contribution in [1.82, 2.24) is 10.2 Å². The second-order valence-electron chi connectivity index (χ2n) is 5.32. The SMILES string of the molecule is CCCCOCCN1C(=O)NC(=O)C1(C)c1ccccc1. The van der Waals surface area contributed by atoms with Crippen LogP contribution in [0.4, 0.5) is 4.79 Å². The number of imide groups is 1. The highest BCUT2D eigenvalue weighted by atomic mass is 16.5. The molecule has 3 amide bonds. The average Bonchev–Trinajstić information content (AvgIpc) is 2.71. The monoisotopic (exact) mass is 290 g/mol. The molecule has 0 spiro atoms. The smallest absolute Gasteiger partial charge is 0.325 e. The highest BCUT2D eigenvalue weighted by Crippen LogP contribution is 2.32. The largest absolute Gasteiger partial charge is 0.380 e. The Balaban J connectivity index is 2.10. The topological polar surface area (TPSA) is 58.6 Å². The fourth-order valence-corrected chi connectivity index (χ4v) is 2.49. The zero-order valence-electron chi connectivity index (χ0n) is 12.6. The van der Waals surface area contributed by atoms with Gasteiger partial charge in [-0.3, -0.25) is 10.1 Å². The second-order valence-corrected chi connectivity index (χ2v) is 5.32. The van der Waals surface area contributed by atoms with Gasteiger partial charge in [-0.2, -0.15) is 0 Å². The zero-order chi connectivity index (χ0) is 15.3. The summed E-state index contributed by atoms with van der Waals surface area (Å²) in [6.45, 7) is 5.38. The molecule has 1 N–H and O–H groups in total. The summed E-state index contributed by atoms with van der Waals surface area (Å²) in [6, 6.07) is 9.00. The Morgan fingerprint density at radius 2 is 1.90 bits per heavy atom. The van der Waals surface area contributed by atoms with Gasteiger partial charge in [0.05, 0.1) is 6.61 Å². The van der Waals surface area contributed by atoms with Crippen LogP contribution in [0.2, 0.25) is 0 Å². The van der Waals surface area contributed by atoms with E-state index in [0.29, 0.717) is 19.8 Å². The van der Waals surface area contributed by atoms with Crippen LogP contribution in [-0.2, 0) is 15.1 Å². The van der Waals surface area contributed by atoms with E-state index in [9.17, 15) is 9.59 Å². The third-order valence-corrected chi connectivity index (χ3v) is 3.88. The molecule has 1 heterocycles.